The van der Waals surface area contributed by atoms with Crippen LogP contribution in [0.3, 0.4) is 0 Å². The second-order valence-electron chi connectivity index (χ2n) is 6.54. The molecule has 1 aliphatic rings. The van der Waals surface area contributed by atoms with Gasteiger partial charge < -0.3 is 14.5 Å². The molecule has 1 aromatic heterocycles. The van der Waals surface area contributed by atoms with E-state index in [-0.39, 0.29) is 0 Å². The second kappa shape index (κ2) is 7.21. The predicted octanol–water partition coefficient (Wildman–Crippen LogP) is 3.82. The molecule has 1 saturated heterocycles. The number of methoxy groups -OCH3 is 1. The van der Waals surface area contributed by atoms with Gasteiger partial charge in [0.1, 0.15) is 11.3 Å². The van der Waals surface area contributed by atoms with Gasteiger partial charge in [-0.15, -0.1) is 0 Å². The van der Waals surface area contributed by atoms with Crippen molar-refractivity contribution in [2.45, 2.75) is 0 Å². The third kappa shape index (κ3) is 3.27. The summed E-state index contributed by atoms with van der Waals surface area (Å²) in [5.74, 6) is 0.876. The Morgan fingerprint density at radius 1 is 1.08 bits per heavy atom. The third-order valence-corrected chi connectivity index (χ3v) is 5.48. The molecule has 0 bridgehead atoms. The number of piperazine rings is 1. The number of rotatable bonds is 3. The monoisotopic (exact) mass is 412 g/mol. The largest absolute Gasteiger partial charge is 0.495 e. The lowest BCUT2D eigenvalue weighted by Gasteiger charge is -2.34. The SMILES string of the molecule is COc1cc(-c2cnc3cccc(Br)c3n2)ccc1N1CCN(C)CC1. The Balaban J connectivity index is 1.70. The predicted molar refractivity (Wildman–Crippen MR) is 109 cm³/mol. The van der Waals surface area contributed by atoms with Crippen molar-refractivity contribution in [1.29, 1.82) is 0 Å². The van der Waals surface area contributed by atoms with Gasteiger partial charge in [0.05, 0.1) is 30.2 Å². The number of hydrogen-bond donors (Lipinski definition) is 0. The minimum absolute atomic E-state index is 0.840. The molecule has 0 amide bonds. The number of para-hydroxylation sites is 1. The Kier molecular flexibility index (Phi) is 4.78. The molecule has 3 aromatic rings. The average Bonchev–Trinajstić information content (AvgIpc) is 2.68. The molecule has 0 radical (unpaired) electrons. The van der Waals surface area contributed by atoms with Crippen LogP contribution in [-0.4, -0.2) is 55.2 Å². The number of halogens is 1. The topological polar surface area (TPSA) is 41.5 Å². The molecule has 0 unspecified atom stereocenters. The average molecular weight is 413 g/mol. The molecule has 1 fully saturated rings. The molecule has 1 aliphatic heterocycles. The van der Waals surface area contributed by atoms with E-state index < -0.39 is 0 Å². The van der Waals surface area contributed by atoms with E-state index in [9.17, 15) is 0 Å². The standard InChI is InChI=1S/C20H21BrN4O/c1-24-8-10-25(11-9-24)18-7-6-14(12-19(18)26-2)17-13-22-16-5-3-4-15(21)20(16)23-17/h3-7,12-13H,8-11H2,1-2H3. The summed E-state index contributed by atoms with van der Waals surface area (Å²) >= 11 is 3.56. The first-order valence-corrected chi connectivity index (χ1v) is 9.48. The third-order valence-electron chi connectivity index (χ3n) is 4.84. The van der Waals surface area contributed by atoms with Crippen molar-refractivity contribution in [3.05, 3.63) is 47.1 Å². The Labute approximate surface area is 161 Å². The van der Waals surface area contributed by atoms with E-state index in [0.717, 1.165) is 64.4 Å². The number of anilines is 1. The lowest BCUT2D eigenvalue weighted by Crippen LogP contribution is -2.44. The highest BCUT2D eigenvalue weighted by atomic mass is 79.9. The number of fused-ring (bicyclic) bond motifs is 1. The van der Waals surface area contributed by atoms with E-state index in [4.69, 9.17) is 9.72 Å². The van der Waals surface area contributed by atoms with Gasteiger partial charge in [0.15, 0.2) is 0 Å². The number of benzene rings is 2. The van der Waals surface area contributed by atoms with Gasteiger partial charge in [-0.1, -0.05) is 12.1 Å². The first kappa shape index (κ1) is 17.2. The minimum Gasteiger partial charge on any atom is -0.495 e. The number of aromatic nitrogens is 2. The molecule has 0 N–H and O–H groups in total. The van der Waals surface area contributed by atoms with Gasteiger partial charge in [-0.05, 0) is 47.2 Å². The van der Waals surface area contributed by atoms with Gasteiger partial charge in [0, 0.05) is 36.2 Å². The number of nitrogens with zero attached hydrogens (tertiary/aromatic N) is 4. The van der Waals surface area contributed by atoms with E-state index >= 15 is 0 Å². The van der Waals surface area contributed by atoms with Crippen LogP contribution in [0.2, 0.25) is 0 Å². The van der Waals surface area contributed by atoms with E-state index in [1.165, 1.54) is 0 Å². The van der Waals surface area contributed by atoms with Crippen LogP contribution in [0.15, 0.2) is 47.1 Å². The van der Waals surface area contributed by atoms with Crippen LogP contribution >= 0.6 is 15.9 Å². The highest BCUT2D eigenvalue weighted by molar-refractivity contribution is 9.10. The summed E-state index contributed by atoms with van der Waals surface area (Å²) in [6.45, 7) is 4.15. The molecule has 5 nitrogen and oxygen atoms in total. The van der Waals surface area contributed by atoms with Crippen molar-refractivity contribution < 1.29 is 4.74 Å². The van der Waals surface area contributed by atoms with Crippen molar-refractivity contribution >= 4 is 32.7 Å². The lowest BCUT2D eigenvalue weighted by molar-refractivity contribution is 0.311. The zero-order valence-electron chi connectivity index (χ0n) is 14.9. The first-order valence-electron chi connectivity index (χ1n) is 8.69. The summed E-state index contributed by atoms with van der Waals surface area (Å²) < 4.78 is 6.64. The first-order chi connectivity index (χ1) is 12.7. The summed E-state index contributed by atoms with van der Waals surface area (Å²) in [7, 11) is 3.88. The van der Waals surface area contributed by atoms with Crippen molar-refractivity contribution in [3.8, 4) is 17.0 Å². The summed E-state index contributed by atoms with van der Waals surface area (Å²) in [5.41, 5.74) is 4.73. The summed E-state index contributed by atoms with van der Waals surface area (Å²) in [6, 6.07) is 12.2. The van der Waals surface area contributed by atoms with Gasteiger partial charge in [0.2, 0.25) is 0 Å². The van der Waals surface area contributed by atoms with Crippen LogP contribution < -0.4 is 9.64 Å². The number of ether oxygens (including phenoxy) is 1. The van der Waals surface area contributed by atoms with Crippen LogP contribution in [0.1, 0.15) is 0 Å². The van der Waals surface area contributed by atoms with Gasteiger partial charge in [-0.2, -0.15) is 0 Å². The Hall–Kier alpha value is -2.18. The number of hydrogen-bond acceptors (Lipinski definition) is 5. The quantitative estimate of drug-likeness (QED) is 0.653. The molecule has 134 valence electrons. The van der Waals surface area contributed by atoms with E-state index in [1.54, 1.807) is 7.11 Å². The summed E-state index contributed by atoms with van der Waals surface area (Å²) in [6.07, 6.45) is 1.82. The van der Waals surface area contributed by atoms with Gasteiger partial charge in [-0.25, -0.2) is 4.98 Å². The molecule has 0 spiro atoms. The van der Waals surface area contributed by atoms with Crippen LogP contribution in [-0.2, 0) is 0 Å². The highest BCUT2D eigenvalue weighted by Gasteiger charge is 2.18. The Bertz CT molecular complexity index is 938. The fourth-order valence-corrected chi connectivity index (χ4v) is 3.73. The van der Waals surface area contributed by atoms with E-state index in [0.29, 0.717) is 0 Å². The molecule has 0 atom stereocenters. The van der Waals surface area contributed by atoms with E-state index in [2.05, 4.69) is 56.0 Å². The molecule has 2 aromatic carbocycles. The maximum absolute atomic E-state index is 5.69. The van der Waals surface area contributed by atoms with Gasteiger partial charge in [0.25, 0.3) is 0 Å². The van der Waals surface area contributed by atoms with Gasteiger partial charge in [-0.3, -0.25) is 4.98 Å². The van der Waals surface area contributed by atoms with Crippen molar-refractivity contribution in [2.75, 3.05) is 45.2 Å². The molecular formula is C20H21BrN4O. The van der Waals surface area contributed by atoms with Crippen LogP contribution in [0.25, 0.3) is 22.3 Å². The number of likely N-dealkylation sites (N-methyl/N-ethyl adjacent to an activating group) is 1. The molecular weight excluding hydrogens is 392 g/mol. The van der Waals surface area contributed by atoms with Gasteiger partial charge >= 0.3 is 0 Å². The fraction of sp³-hybridized carbons (Fsp3) is 0.300. The molecule has 4 rings (SSSR count). The highest BCUT2D eigenvalue weighted by Crippen LogP contribution is 2.34. The normalized spacial score (nSPS) is 15.4. The fourth-order valence-electron chi connectivity index (χ4n) is 3.28. The Morgan fingerprint density at radius 3 is 2.65 bits per heavy atom. The van der Waals surface area contributed by atoms with Crippen LogP contribution in [0.4, 0.5) is 5.69 Å². The van der Waals surface area contributed by atoms with Crippen molar-refractivity contribution in [1.82, 2.24) is 14.9 Å². The zero-order chi connectivity index (χ0) is 18.1. The molecule has 2 heterocycles. The van der Waals surface area contributed by atoms with Crippen LogP contribution in [0.5, 0.6) is 5.75 Å². The zero-order valence-corrected chi connectivity index (χ0v) is 16.5. The van der Waals surface area contributed by atoms with Crippen molar-refractivity contribution in [2.24, 2.45) is 0 Å². The van der Waals surface area contributed by atoms with E-state index in [1.807, 2.05) is 24.4 Å². The maximum atomic E-state index is 5.69. The maximum Gasteiger partial charge on any atom is 0.142 e. The van der Waals surface area contributed by atoms with Crippen molar-refractivity contribution in [3.63, 3.8) is 0 Å². The Morgan fingerprint density at radius 2 is 1.88 bits per heavy atom. The molecule has 0 saturated carbocycles. The molecule has 0 aliphatic carbocycles. The van der Waals surface area contributed by atoms with Crippen LogP contribution in [0, 0.1) is 0 Å². The smallest absolute Gasteiger partial charge is 0.142 e. The lowest BCUT2D eigenvalue weighted by atomic mass is 10.1. The summed E-state index contributed by atoms with van der Waals surface area (Å²) in [4.78, 5) is 14.1. The summed E-state index contributed by atoms with van der Waals surface area (Å²) in [5, 5.41) is 0. The molecule has 26 heavy (non-hydrogen) atoms. The molecule has 6 heteroatoms. The minimum atomic E-state index is 0.840. The second-order valence-corrected chi connectivity index (χ2v) is 7.39.